The van der Waals surface area contributed by atoms with Gasteiger partial charge in [0, 0.05) is 72.5 Å². The normalized spacial score (nSPS) is 15.3. The minimum atomic E-state index is -0.238. The molecule has 1 aromatic heterocycles. The number of rotatable bonds is 11. The number of carbonyl (C=O) groups is 2. The summed E-state index contributed by atoms with van der Waals surface area (Å²) in [6, 6.07) is 42.6. The molecule has 1 saturated heterocycles. The van der Waals surface area contributed by atoms with Gasteiger partial charge in [0.1, 0.15) is 12.4 Å². The van der Waals surface area contributed by atoms with E-state index in [4.69, 9.17) is 21.1 Å². The number of halogens is 1. The van der Waals surface area contributed by atoms with Crippen LogP contribution in [-0.2, 0) is 37.9 Å². The molecule has 8 rings (SSSR count). The Morgan fingerprint density at radius 1 is 0.864 bits per heavy atom. The molecular weight excluding hydrogens is 758 g/mol. The number of anilines is 1. The first-order valence-electron chi connectivity index (χ1n) is 20.0. The molecule has 2 aliphatic rings. The predicted molar refractivity (Wildman–Crippen MR) is 231 cm³/mol. The van der Waals surface area contributed by atoms with Crippen molar-refractivity contribution in [2.24, 2.45) is 7.05 Å². The number of hydrogen-bond donors (Lipinski definition) is 0. The highest BCUT2D eigenvalue weighted by Gasteiger charge is 2.34. The highest BCUT2D eigenvalue weighted by molar-refractivity contribution is 6.31. The van der Waals surface area contributed by atoms with Crippen molar-refractivity contribution in [3.05, 3.63) is 177 Å². The molecular formula is C49H46ClN5O4. The standard InChI is InChI=1S/C49H46ClN5O4/c1-34-45(49(57)54(31-39-13-9-7-11-37(39)29-51)41-19-16-35(17-20-41)33-59-43-14-4-3-5-15-43)28-47(52(34)2)46-27-40(50)18-21-44(46)48(56)55-30-38-12-8-6-10-36(38)26-42(55)32-53-22-24-58-25-23-53/h3-21,27-28,42H,22-26,30-33H2,1-2H3/t42-/m0/s1. The van der Waals surface area contributed by atoms with Crippen molar-refractivity contribution in [3.8, 4) is 23.1 Å². The lowest BCUT2D eigenvalue weighted by molar-refractivity contribution is 0.0193. The second-order valence-corrected chi connectivity index (χ2v) is 15.6. The zero-order valence-corrected chi connectivity index (χ0v) is 34.1. The second kappa shape index (κ2) is 17.8. The van der Waals surface area contributed by atoms with Crippen LogP contribution in [-0.4, -0.2) is 65.1 Å². The molecule has 2 amide bonds. The summed E-state index contributed by atoms with van der Waals surface area (Å²) < 4.78 is 13.6. The van der Waals surface area contributed by atoms with Crippen LogP contribution in [0.2, 0.25) is 5.02 Å². The third-order valence-corrected chi connectivity index (χ3v) is 11.8. The van der Waals surface area contributed by atoms with E-state index in [1.54, 1.807) is 17.0 Å². The molecule has 3 heterocycles. The number of para-hydroxylation sites is 1. The van der Waals surface area contributed by atoms with Gasteiger partial charge in [-0.2, -0.15) is 5.26 Å². The number of benzene rings is 5. The van der Waals surface area contributed by atoms with Gasteiger partial charge in [0.15, 0.2) is 0 Å². The van der Waals surface area contributed by atoms with Crippen LogP contribution in [0.15, 0.2) is 127 Å². The fourth-order valence-electron chi connectivity index (χ4n) is 8.13. The Morgan fingerprint density at radius 2 is 1.58 bits per heavy atom. The Hall–Kier alpha value is -6.18. The molecule has 0 aliphatic carbocycles. The molecule has 59 heavy (non-hydrogen) atoms. The van der Waals surface area contributed by atoms with Crippen LogP contribution in [0.1, 0.15) is 54.2 Å². The van der Waals surface area contributed by atoms with Gasteiger partial charge in [-0.15, -0.1) is 0 Å². The molecule has 5 aromatic carbocycles. The Bertz CT molecular complexity index is 2500. The number of ether oxygens (including phenoxy) is 2. The van der Waals surface area contributed by atoms with Gasteiger partial charge in [-0.25, -0.2) is 0 Å². The largest absolute Gasteiger partial charge is 0.489 e. The van der Waals surface area contributed by atoms with Gasteiger partial charge in [-0.1, -0.05) is 84.4 Å². The SMILES string of the molecule is Cc1c(C(=O)N(Cc2ccccc2C#N)c2ccc(COc3ccccc3)cc2)cc(-c2cc(Cl)ccc2C(=O)N2Cc3ccccc3C[C@H]2CN2CCOCC2)n1C. The second-order valence-electron chi connectivity index (χ2n) is 15.2. The van der Waals surface area contributed by atoms with Crippen LogP contribution >= 0.6 is 11.6 Å². The first kappa shape index (κ1) is 39.6. The van der Waals surface area contributed by atoms with Crippen molar-refractivity contribution in [1.82, 2.24) is 14.4 Å². The number of amides is 2. The van der Waals surface area contributed by atoms with Gasteiger partial charge in [0.05, 0.1) is 37.0 Å². The zero-order chi connectivity index (χ0) is 40.9. The number of hydrogen-bond acceptors (Lipinski definition) is 6. The molecule has 0 bridgehead atoms. The molecule has 9 nitrogen and oxygen atoms in total. The third-order valence-electron chi connectivity index (χ3n) is 11.6. The predicted octanol–water partition coefficient (Wildman–Crippen LogP) is 8.85. The Kier molecular flexibility index (Phi) is 11.9. The summed E-state index contributed by atoms with van der Waals surface area (Å²) in [5, 5.41) is 10.5. The lowest BCUT2D eigenvalue weighted by Gasteiger charge is -2.40. The van der Waals surface area contributed by atoms with Crippen molar-refractivity contribution in [1.29, 1.82) is 5.26 Å². The van der Waals surface area contributed by atoms with Crippen molar-refractivity contribution in [3.63, 3.8) is 0 Å². The Balaban J connectivity index is 1.13. The van der Waals surface area contributed by atoms with E-state index < -0.39 is 0 Å². The maximum absolute atomic E-state index is 14.9. The van der Waals surface area contributed by atoms with Crippen LogP contribution in [0.25, 0.3) is 11.3 Å². The highest BCUT2D eigenvalue weighted by Crippen LogP contribution is 2.35. The van der Waals surface area contributed by atoms with Gasteiger partial charge in [-0.05, 0) is 90.2 Å². The number of nitrogens with zero attached hydrogens (tertiary/aromatic N) is 5. The van der Waals surface area contributed by atoms with Gasteiger partial charge in [0.25, 0.3) is 11.8 Å². The van der Waals surface area contributed by atoms with Crippen LogP contribution in [0.5, 0.6) is 5.75 Å². The number of aromatic nitrogens is 1. The number of carbonyl (C=O) groups excluding carboxylic acids is 2. The maximum Gasteiger partial charge on any atom is 0.260 e. The topological polar surface area (TPSA) is 91.0 Å². The van der Waals surface area contributed by atoms with E-state index in [1.807, 2.05) is 121 Å². The van der Waals surface area contributed by atoms with Crippen LogP contribution < -0.4 is 9.64 Å². The molecule has 1 atom stereocenters. The monoisotopic (exact) mass is 803 g/mol. The van der Waals surface area contributed by atoms with Crippen molar-refractivity contribution in [2.75, 3.05) is 37.7 Å². The molecule has 298 valence electrons. The molecule has 0 N–H and O–H groups in total. The fraction of sp³-hybridized carbons (Fsp3) is 0.245. The van der Waals surface area contributed by atoms with E-state index in [0.717, 1.165) is 54.2 Å². The molecule has 10 heteroatoms. The average molecular weight is 804 g/mol. The highest BCUT2D eigenvalue weighted by atomic mass is 35.5. The van der Waals surface area contributed by atoms with Crippen molar-refractivity contribution >= 4 is 29.1 Å². The Labute approximate surface area is 350 Å². The summed E-state index contributed by atoms with van der Waals surface area (Å²) >= 11 is 6.70. The quantitative estimate of drug-likeness (QED) is 0.130. The van der Waals surface area contributed by atoms with E-state index in [0.29, 0.717) is 65.0 Å². The molecule has 0 saturated carbocycles. The minimum absolute atomic E-state index is 0.0348. The summed E-state index contributed by atoms with van der Waals surface area (Å²) in [5.74, 6) is 0.455. The van der Waals surface area contributed by atoms with Gasteiger partial charge >= 0.3 is 0 Å². The number of fused-ring (bicyclic) bond motifs is 1. The number of nitriles is 1. The average Bonchev–Trinajstić information content (AvgIpc) is 3.57. The zero-order valence-electron chi connectivity index (χ0n) is 33.3. The lowest BCUT2D eigenvalue weighted by atomic mass is 9.92. The summed E-state index contributed by atoms with van der Waals surface area (Å²) in [5.41, 5.74) is 8.34. The van der Waals surface area contributed by atoms with E-state index in [2.05, 4.69) is 29.2 Å². The van der Waals surface area contributed by atoms with Gasteiger partial charge in [0.2, 0.25) is 0 Å². The first-order valence-corrected chi connectivity index (χ1v) is 20.4. The van der Waals surface area contributed by atoms with E-state index in [-0.39, 0.29) is 24.4 Å². The van der Waals surface area contributed by atoms with Crippen LogP contribution in [0.4, 0.5) is 5.69 Å². The van der Waals surface area contributed by atoms with Crippen molar-refractivity contribution < 1.29 is 19.1 Å². The van der Waals surface area contributed by atoms with Gasteiger partial charge in [-0.3, -0.25) is 14.5 Å². The molecule has 0 spiro atoms. The Morgan fingerprint density at radius 3 is 2.34 bits per heavy atom. The molecule has 2 aliphatic heterocycles. The van der Waals surface area contributed by atoms with E-state index in [1.165, 1.54) is 5.56 Å². The van der Waals surface area contributed by atoms with Crippen LogP contribution in [0, 0.1) is 18.3 Å². The van der Waals surface area contributed by atoms with E-state index >= 15 is 0 Å². The van der Waals surface area contributed by atoms with Crippen LogP contribution in [0.3, 0.4) is 0 Å². The summed E-state index contributed by atoms with van der Waals surface area (Å²) in [7, 11) is 1.91. The molecule has 6 aromatic rings. The van der Waals surface area contributed by atoms with Crippen molar-refractivity contribution in [2.45, 2.75) is 39.1 Å². The molecule has 0 unspecified atom stereocenters. The third kappa shape index (κ3) is 8.67. The summed E-state index contributed by atoms with van der Waals surface area (Å²) in [4.78, 5) is 36.0. The van der Waals surface area contributed by atoms with Gasteiger partial charge < -0.3 is 23.8 Å². The minimum Gasteiger partial charge on any atom is -0.489 e. The smallest absolute Gasteiger partial charge is 0.260 e. The first-order chi connectivity index (χ1) is 28.8. The molecule has 1 fully saturated rings. The van der Waals surface area contributed by atoms with E-state index in [9.17, 15) is 14.9 Å². The number of morpholine rings is 1. The maximum atomic E-state index is 14.9. The lowest BCUT2D eigenvalue weighted by Crippen LogP contribution is -2.52. The fourth-order valence-corrected chi connectivity index (χ4v) is 8.30. The molecule has 0 radical (unpaired) electrons. The summed E-state index contributed by atoms with van der Waals surface area (Å²) in [6.45, 7) is 6.73. The summed E-state index contributed by atoms with van der Waals surface area (Å²) in [6.07, 6.45) is 0.760.